The fourth-order valence-electron chi connectivity index (χ4n) is 3.21. The molecule has 1 aliphatic rings. The number of rotatable bonds is 3. The Kier molecular flexibility index (Phi) is 4.06. The molecule has 1 aliphatic heterocycles. The molecule has 2 aromatic heterocycles. The number of aryl methyl sites for hydroxylation is 3. The Bertz CT molecular complexity index is 771. The fraction of sp³-hybridized carbons (Fsp3) is 0.600. The quantitative estimate of drug-likeness (QED) is 0.894. The molecular formula is C15H22N6O2. The van der Waals surface area contributed by atoms with Gasteiger partial charge in [0, 0.05) is 38.8 Å². The molecule has 1 unspecified atom stereocenters. The van der Waals surface area contributed by atoms with Crippen molar-refractivity contribution in [3.8, 4) is 0 Å². The molecule has 23 heavy (non-hydrogen) atoms. The van der Waals surface area contributed by atoms with Crippen LogP contribution < -0.4 is 5.69 Å². The van der Waals surface area contributed by atoms with Crippen LogP contribution in [0.5, 0.6) is 0 Å². The number of hydrogen-bond acceptors (Lipinski definition) is 4. The number of nitrogens with zero attached hydrogens (tertiary/aromatic N) is 5. The molecule has 1 atom stereocenters. The van der Waals surface area contributed by atoms with E-state index in [1.54, 1.807) is 16.6 Å². The standard InChI is InChI=1S/C15H22N6O2/c1-10-11(9-20(3)18-10)8-19(2)14(22)12-6-4-5-7-13-16-17-15(23)21(12)13/h9,12H,4-8H2,1-3H3,(H,17,23). The highest BCUT2D eigenvalue weighted by atomic mass is 16.2. The molecule has 8 nitrogen and oxygen atoms in total. The number of carbonyl (C=O) groups is 1. The van der Waals surface area contributed by atoms with Gasteiger partial charge in [-0.05, 0) is 19.8 Å². The van der Waals surface area contributed by atoms with Gasteiger partial charge in [-0.1, -0.05) is 6.42 Å². The number of carbonyl (C=O) groups excluding carboxylic acids is 1. The van der Waals surface area contributed by atoms with Crippen molar-refractivity contribution >= 4 is 5.91 Å². The summed E-state index contributed by atoms with van der Waals surface area (Å²) in [5.41, 5.74) is 1.62. The third-order valence-electron chi connectivity index (χ3n) is 4.40. The molecule has 0 saturated heterocycles. The maximum Gasteiger partial charge on any atom is 0.344 e. The Hall–Kier alpha value is -2.38. The van der Waals surface area contributed by atoms with E-state index >= 15 is 0 Å². The van der Waals surface area contributed by atoms with Crippen molar-refractivity contribution in [1.82, 2.24) is 29.4 Å². The summed E-state index contributed by atoms with van der Waals surface area (Å²) in [7, 11) is 3.63. The summed E-state index contributed by atoms with van der Waals surface area (Å²) in [6.45, 7) is 2.41. The second-order valence-corrected chi connectivity index (χ2v) is 6.18. The molecule has 2 aromatic rings. The predicted octanol–water partition coefficient (Wildman–Crippen LogP) is 0.539. The average Bonchev–Trinajstić information content (AvgIpc) is 2.93. The smallest absolute Gasteiger partial charge is 0.339 e. The Morgan fingerprint density at radius 2 is 2.26 bits per heavy atom. The first-order valence-electron chi connectivity index (χ1n) is 7.87. The molecule has 1 N–H and O–H groups in total. The van der Waals surface area contributed by atoms with Crippen LogP contribution in [-0.2, 0) is 24.8 Å². The highest BCUT2D eigenvalue weighted by molar-refractivity contribution is 5.80. The fourth-order valence-corrected chi connectivity index (χ4v) is 3.21. The molecular weight excluding hydrogens is 296 g/mol. The number of H-pyrrole nitrogens is 1. The van der Waals surface area contributed by atoms with Crippen LogP contribution in [0.4, 0.5) is 0 Å². The molecule has 3 heterocycles. The average molecular weight is 318 g/mol. The maximum atomic E-state index is 12.9. The molecule has 0 aromatic carbocycles. The summed E-state index contributed by atoms with van der Waals surface area (Å²) >= 11 is 0. The summed E-state index contributed by atoms with van der Waals surface area (Å²) in [6, 6.07) is -0.472. The molecule has 0 bridgehead atoms. The van der Waals surface area contributed by atoms with E-state index in [2.05, 4.69) is 15.3 Å². The number of aromatic amines is 1. The lowest BCUT2D eigenvalue weighted by Crippen LogP contribution is -2.37. The summed E-state index contributed by atoms with van der Waals surface area (Å²) in [5, 5.41) is 10.8. The van der Waals surface area contributed by atoms with Crippen LogP contribution in [0.3, 0.4) is 0 Å². The van der Waals surface area contributed by atoms with E-state index in [9.17, 15) is 9.59 Å². The van der Waals surface area contributed by atoms with Crippen LogP contribution in [0.15, 0.2) is 11.0 Å². The molecule has 8 heteroatoms. The van der Waals surface area contributed by atoms with E-state index in [1.165, 1.54) is 4.57 Å². The summed E-state index contributed by atoms with van der Waals surface area (Å²) in [5.74, 6) is 0.622. The highest BCUT2D eigenvalue weighted by Crippen LogP contribution is 2.23. The predicted molar refractivity (Wildman–Crippen MR) is 83.9 cm³/mol. The highest BCUT2D eigenvalue weighted by Gasteiger charge is 2.29. The molecule has 1 amide bonds. The van der Waals surface area contributed by atoms with Gasteiger partial charge in [-0.2, -0.15) is 10.2 Å². The Morgan fingerprint density at radius 1 is 1.48 bits per heavy atom. The van der Waals surface area contributed by atoms with Gasteiger partial charge in [0.05, 0.1) is 5.69 Å². The number of nitrogens with one attached hydrogen (secondary N) is 1. The zero-order valence-electron chi connectivity index (χ0n) is 13.7. The van der Waals surface area contributed by atoms with E-state index < -0.39 is 6.04 Å². The van der Waals surface area contributed by atoms with Gasteiger partial charge >= 0.3 is 5.69 Å². The summed E-state index contributed by atoms with van der Waals surface area (Å²) in [4.78, 5) is 26.6. The van der Waals surface area contributed by atoms with Gasteiger partial charge in [-0.25, -0.2) is 9.89 Å². The van der Waals surface area contributed by atoms with E-state index in [0.717, 1.165) is 30.5 Å². The summed E-state index contributed by atoms with van der Waals surface area (Å²) in [6.07, 6.45) is 5.18. The third kappa shape index (κ3) is 2.93. The lowest BCUT2D eigenvalue weighted by atomic mass is 10.1. The first kappa shape index (κ1) is 15.5. The van der Waals surface area contributed by atoms with Crippen molar-refractivity contribution in [2.75, 3.05) is 7.05 Å². The summed E-state index contributed by atoms with van der Waals surface area (Å²) < 4.78 is 3.27. The van der Waals surface area contributed by atoms with Crippen LogP contribution in [0, 0.1) is 6.92 Å². The van der Waals surface area contributed by atoms with Gasteiger partial charge in [-0.3, -0.25) is 14.0 Å². The van der Waals surface area contributed by atoms with Gasteiger partial charge in [0.15, 0.2) is 0 Å². The normalized spacial score (nSPS) is 17.6. The number of likely N-dealkylation sites (N-methyl/N-ethyl adjacent to an activating group) is 1. The molecule has 0 fully saturated rings. The molecule has 0 radical (unpaired) electrons. The van der Waals surface area contributed by atoms with Crippen molar-refractivity contribution in [3.05, 3.63) is 33.8 Å². The molecule has 0 spiro atoms. The zero-order chi connectivity index (χ0) is 16.6. The zero-order valence-corrected chi connectivity index (χ0v) is 13.7. The van der Waals surface area contributed by atoms with Crippen molar-refractivity contribution in [3.63, 3.8) is 0 Å². The van der Waals surface area contributed by atoms with Crippen LogP contribution in [0.2, 0.25) is 0 Å². The van der Waals surface area contributed by atoms with Gasteiger partial charge in [0.25, 0.3) is 0 Å². The van der Waals surface area contributed by atoms with Crippen LogP contribution >= 0.6 is 0 Å². The lowest BCUT2D eigenvalue weighted by molar-refractivity contribution is -0.134. The van der Waals surface area contributed by atoms with Crippen molar-refractivity contribution in [2.45, 2.75) is 45.2 Å². The van der Waals surface area contributed by atoms with Crippen molar-refractivity contribution in [1.29, 1.82) is 0 Å². The molecule has 0 aliphatic carbocycles. The van der Waals surface area contributed by atoms with Crippen molar-refractivity contribution in [2.24, 2.45) is 7.05 Å². The van der Waals surface area contributed by atoms with Gasteiger partial charge in [0.1, 0.15) is 11.9 Å². The number of aromatic nitrogens is 5. The maximum absolute atomic E-state index is 12.9. The van der Waals surface area contributed by atoms with E-state index in [4.69, 9.17) is 0 Å². The molecule has 3 rings (SSSR count). The Morgan fingerprint density at radius 3 is 2.96 bits per heavy atom. The van der Waals surface area contributed by atoms with E-state index in [0.29, 0.717) is 18.8 Å². The molecule has 0 saturated carbocycles. The van der Waals surface area contributed by atoms with Gasteiger partial charge < -0.3 is 4.90 Å². The van der Waals surface area contributed by atoms with E-state index in [-0.39, 0.29) is 11.6 Å². The topological polar surface area (TPSA) is 88.8 Å². The first-order valence-corrected chi connectivity index (χ1v) is 7.87. The monoisotopic (exact) mass is 318 g/mol. The molecule has 124 valence electrons. The van der Waals surface area contributed by atoms with Crippen LogP contribution in [0.25, 0.3) is 0 Å². The largest absolute Gasteiger partial charge is 0.344 e. The van der Waals surface area contributed by atoms with Gasteiger partial charge in [0.2, 0.25) is 5.91 Å². The second kappa shape index (κ2) is 6.02. The van der Waals surface area contributed by atoms with E-state index in [1.807, 2.05) is 20.2 Å². The Labute approximate surface area is 134 Å². The number of fused-ring (bicyclic) bond motifs is 1. The SMILES string of the molecule is Cc1nn(C)cc1CN(C)C(=O)C1CCCCc2n[nH]c(=O)n21. The van der Waals surface area contributed by atoms with Crippen molar-refractivity contribution < 1.29 is 4.79 Å². The lowest BCUT2D eigenvalue weighted by Gasteiger charge is -2.23. The number of amides is 1. The van der Waals surface area contributed by atoms with Gasteiger partial charge in [-0.15, -0.1) is 0 Å². The second-order valence-electron chi connectivity index (χ2n) is 6.18. The minimum Gasteiger partial charge on any atom is -0.339 e. The minimum absolute atomic E-state index is 0.0556. The van der Waals surface area contributed by atoms with Crippen LogP contribution in [-0.4, -0.2) is 42.4 Å². The number of hydrogen-bond donors (Lipinski definition) is 1. The first-order chi connectivity index (χ1) is 11.0. The minimum atomic E-state index is -0.472. The Balaban J connectivity index is 1.83. The third-order valence-corrected chi connectivity index (χ3v) is 4.40. The van der Waals surface area contributed by atoms with Crippen LogP contribution in [0.1, 0.15) is 42.4 Å².